The molecule has 1 aliphatic carbocycles. The average molecular weight is 615 g/mol. The van der Waals surface area contributed by atoms with E-state index in [1.165, 1.54) is 24.3 Å². The van der Waals surface area contributed by atoms with E-state index in [0.29, 0.717) is 11.1 Å². The van der Waals surface area contributed by atoms with Gasteiger partial charge in [-0.05, 0) is 47.5 Å². The number of hydrogen-bond acceptors (Lipinski definition) is 7. The standard InChI is InChI=1S/C30H28F6O7/c31-29(32,33)23-5-1-19(2-6-23)26-17-40-15-21-13-25(37)14-22(28(21)38)16-41-18-27(43-12-10-39-9-11-42-26)20-3-7-24(8-4-20)30(34,35)36/h1-8,13-14,26-27H,9-12,15-18H2/t26-,27-/m1/s1. The molecule has 43 heavy (non-hydrogen) atoms. The van der Waals surface area contributed by atoms with Gasteiger partial charge in [0.05, 0.1) is 64.0 Å². The molecule has 1 aliphatic heterocycles. The zero-order chi connectivity index (χ0) is 31.0. The molecule has 0 unspecified atom stereocenters. The fraction of sp³-hybridized carbons (Fsp3) is 0.400. The first-order valence-corrected chi connectivity index (χ1v) is 13.2. The highest BCUT2D eigenvalue weighted by atomic mass is 19.4. The lowest BCUT2D eigenvalue weighted by molar-refractivity contribution is -0.138. The fourth-order valence-electron chi connectivity index (χ4n) is 4.34. The van der Waals surface area contributed by atoms with E-state index >= 15 is 0 Å². The molecule has 0 radical (unpaired) electrons. The van der Waals surface area contributed by atoms with Crippen LogP contribution >= 0.6 is 0 Å². The summed E-state index contributed by atoms with van der Waals surface area (Å²) in [7, 11) is 0. The van der Waals surface area contributed by atoms with Crippen molar-refractivity contribution in [2.45, 2.75) is 24.6 Å². The van der Waals surface area contributed by atoms with Crippen LogP contribution in [0.15, 0.2) is 71.8 Å². The van der Waals surface area contributed by atoms with Crippen molar-refractivity contribution >= 4 is 11.6 Å². The Morgan fingerprint density at radius 1 is 0.558 bits per heavy atom. The molecule has 2 aromatic carbocycles. The fourth-order valence-corrected chi connectivity index (χ4v) is 4.34. The predicted octanol–water partition coefficient (Wildman–Crippen LogP) is 5.61. The molecule has 2 aliphatic rings. The highest BCUT2D eigenvalue weighted by Crippen LogP contribution is 2.32. The molecule has 1 fully saturated rings. The Morgan fingerprint density at radius 2 is 0.953 bits per heavy atom. The van der Waals surface area contributed by atoms with Gasteiger partial charge >= 0.3 is 12.4 Å². The van der Waals surface area contributed by atoms with E-state index in [0.717, 1.165) is 36.4 Å². The molecule has 0 saturated carbocycles. The zero-order valence-corrected chi connectivity index (χ0v) is 22.7. The molecule has 232 valence electrons. The van der Waals surface area contributed by atoms with Crippen molar-refractivity contribution in [1.29, 1.82) is 0 Å². The van der Waals surface area contributed by atoms with Gasteiger partial charge < -0.3 is 23.7 Å². The van der Waals surface area contributed by atoms with E-state index in [4.69, 9.17) is 23.7 Å². The molecule has 7 nitrogen and oxygen atoms in total. The van der Waals surface area contributed by atoms with Crippen LogP contribution in [0.5, 0.6) is 0 Å². The number of hydrogen-bond donors (Lipinski definition) is 0. The number of halogens is 6. The first kappa shape index (κ1) is 32.6. The summed E-state index contributed by atoms with van der Waals surface area (Å²) in [5, 5.41) is 0. The third-order valence-electron chi connectivity index (χ3n) is 6.58. The Bertz CT molecular complexity index is 1220. The number of allylic oxidation sites excluding steroid dienone is 2. The van der Waals surface area contributed by atoms with Crippen LogP contribution in [0.2, 0.25) is 0 Å². The molecular weight excluding hydrogens is 586 g/mol. The van der Waals surface area contributed by atoms with Gasteiger partial charge in [-0.3, -0.25) is 9.59 Å². The van der Waals surface area contributed by atoms with E-state index < -0.39 is 47.3 Å². The van der Waals surface area contributed by atoms with Gasteiger partial charge in [0.2, 0.25) is 0 Å². The summed E-state index contributed by atoms with van der Waals surface area (Å²) in [6.07, 6.45) is -8.38. The molecule has 4 rings (SSSR count). The van der Waals surface area contributed by atoms with Crippen LogP contribution in [0.4, 0.5) is 26.3 Å². The lowest BCUT2D eigenvalue weighted by atomic mass is 9.97. The lowest BCUT2D eigenvalue weighted by Crippen LogP contribution is -2.24. The summed E-state index contributed by atoms with van der Waals surface area (Å²) in [5.74, 6) is -0.956. The van der Waals surface area contributed by atoms with Gasteiger partial charge in [-0.2, -0.15) is 26.3 Å². The highest BCUT2D eigenvalue weighted by molar-refractivity contribution is 6.20. The Morgan fingerprint density at radius 3 is 1.33 bits per heavy atom. The number of benzene rings is 2. The third kappa shape index (κ3) is 9.31. The van der Waals surface area contributed by atoms with Crippen LogP contribution in [-0.4, -0.2) is 64.4 Å². The van der Waals surface area contributed by atoms with Crippen LogP contribution in [-0.2, 0) is 45.6 Å². The van der Waals surface area contributed by atoms with Crippen LogP contribution in [0.25, 0.3) is 0 Å². The molecule has 0 amide bonds. The first-order chi connectivity index (χ1) is 20.4. The summed E-state index contributed by atoms with van der Waals surface area (Å²) in [5.41, 5.74) is -0.741. The van der Waals surface area contributed by atoms with E-state index in [1.807, 2.05) is 0 Å². The second-order valence-electron chi connectivity index (χ2n) is 9.67. The number of alkyl halides is 6. The number of rotatable bonds is 2. The number of fused-ring (bicyclic) bond motifs is 2. The summed E-state index contributed by atoms with van der Waals surface area (Å²) in [4.78, 5) is 25.3. The van der Waals surface area contributed by atoms with Gasteiger partial charge in [-0.25, -0.2) is 0 Å². The zero-order valence-electron chi connectivity index (χ0n) is 22.7. The van der Waals surface area contributed by atoms with Gasteiger partial charge in [-0.1, -0.05) is 24.3 Å². The molecule has 2 bridgehead atoms. The predicted molar refractivity (Wildman–Crippen MR) is 139 cm³/mol. The van der Waals surface area contributed by atoms with E-state index in [2.05, 4.69) is 0 Å². The third-order valence-corrected chi connectivity index (χ3v) is 6.58. The molecule has 0 aromatic heterocycles. The molecule has 1 heterocycles. The Hall–Kier alpha value is -3.36. The van der Waals surface area contributed by atoms with E-state index in [9.17, 15) is 35.9 Å². The second kappa shape index (κ2) is 14.4. The Balaban J connectivity index is 1.48. The van der Waals surface area contributed by atoms with Crippen LogP contribution in [0.3, 0.4) is 0 Å². The van der Waals surface area contributed by atoms with Crippen molar-refractivity contribution in [3.05, 3.63) is 94.1 Å². The molecule has 0 N–H and O–H groups in total. The van der Waals surface area contributed by atoms with Gasteiger partial charge in [0.15, 0.2) is 11.6 Å². The van der Waals surface area contributed by atoms with Crippen molar-refractivity contribution in [1.82, 2.24) is 0 Å². The van der Waals surface area contributed by atoms with Gasteiger partial charge in [0.1, 0.15) is 12.2 Å². The smallest absolute Gasteiger partial charge is 0.377 e. The van der Waals surface area contributed by atoms with Crippen molar-refractivity contribution in [3.63, 3.8) is 0 Å². The largest absolute Gasteiger partial charge is 0.416 e. The number of carbonyl (C=O) groups excluding carboxylic acids is 2. The minimum absolute atomic E-state index is 0.0352. The average Bonchev–Trinajstić information content (AvgIpc) is 2.95. The quantitative estimate of drug-likeness (QED) is 0.322. The number of carbonyl (C=O) groups is 2. The minimum Gasteiger partial charge on any atom is -0.377 e. The molecule has 0 spiro atoms. The maximum Gasteiger partial charge on any atom is 0.416 e. The topological polar surface area (TPSA) is 80.3 Å². The minimum atomic E-state index is -4.51. The Kier molecular flexibility index (Phi) is 10.9. The normalized spacial score (nSPS) is 22.3. The van der Waals surface area contributed by atoms with Crippen molar-refractivity contribution in [2.75, 3.05) is 52.9 Å². The number of ketones is 2. The van der Waals surface area contributed by atoms with Gasteiger partial charge in [0, 0.05) is 11.1 Å². The Labute approximate surface area is 243 Å². The maximum atomic E-state index is 13.0. The van der Waals surface area contributed by atoms with Crippen LogP contribution in [0.1, 0.15) is 34.5 Å². The molecule has 2 aromatic rings. The summed E-state index contributed by atoms with van der Waals surface area (Å²) in [6.45, 7) is -0.537. The van der Waals surface area contributed by atoms with Gasteiger partial charge in [0.25, 0.3) is 0 Å². The second-order valence-corrected chi connectivity index (χ2v) is 9.67. The molecular formula is C30H28F6O7. The van der Waals surface area contributed by atoms with E-state index in [1.54, 1.807) is 0 Å². The molecule has 2 atom stereocenters. The highest BCUT2D eigenvalue weighted by Gasteiger charge is 2.31. The summed E-state index contributed by atoms with van der Waals surface area (Å²) >= 11 is 0. The summed E-state index contributed by atoms with van der Waals surface area (Å²) < 4.78 is 107. The summed E-state index contributed by atoms with van der Waals surface area (Å²) in [6, 6.07) is 8.78. The van der Waals surface area contributed by atoms with Crippen molar-refractivity contribution < 1.29 is 59.6 Å². The van der Waals surface area contributed by atoms with Crippen molar-refractivity contribution in [2.24, 2.45) is 0 Å². The van der Waals surface area contributed by atoms with E-state index in [-0.39, 0.29) is 64.0 Å². The van der Waals surface area contributed by atoms with Crippen molar-refractivity contribution in [3.8, 4) is 0 Å². The first-order valence-electron chi connectivity index (χ1n) is 13.2. The van der Waals surface area contributed by atoms with Crippen LogP contribution < -0.4 is 0 Å². The SMILES string of the molecule is O=C1C=C2COC[C@H](c3ccc(C(F)(F)F)cc3)OCCOCCO[C@@H](c3ccc(C(F)(F)F)cc3)COCC(=C1)C2=O. The molecule has 1 saturated heterocycles. The van der Waals surface area contributed by atoms with Gasteiger partial charge in [-0.15, -0.1) is 0 Å². The number of ether oxygens (including phenoxy) is 5. The number of Topliss-reactive ketones (excluding diaryl/α,β-unsaturated/α-hetero) is 1. The maximum absolute atomic E-state index is 13.0. The lowest BCUT2D eigenvalue weighted by Gasteiger charge is -2.22. The molecule has 13 heteroatoms. The van der Waals surface area contributed by atoms with Crippen LogP contribution in [0, 0.1) is 0 Å². The monoisotopic (exact) mass is 614 g/mol.